The number of hydrogen-bond acceptors (Lipinski definition) is 2. The average Bonchev–Trinajstić information content (AvgIpc) is 2.41. The van der Waals surface area contributed by atoms with Gasteiger partial charge >= 0.3 is 0 Å². The summed E-state index contributed by atoms with van der Waals surface area (Å²) in [6, 6.07) is 11.4. The van der Waals surface area contributed by atoms with Gasteiger partial charge in [0, 0.05) is 10.5 Å². The van der Waals surface area contributed by atoms with E-state index in [9.17, 15) is 9.18 Å². The first-order valence-corrected chi connectivity index (χ1v) is 6.78. The molecule has 0 aromatic heterocycles. The molecule has 0 aliphatic rings. The van der Waals surface area contributed by atoms with Crippen molar-refractivity contribution in [3.05, 3.63) is 65.0 Å². The fourth-order valence-electron chi connectivity index (χ4n) is 1.99. The fraction of sp³-hybridized carbons (Fsp3) is 0.188. The van der Waals surface area contributed by atoms with Crippen LogP contribution in [0.2, 0.25) is 0 Å². The Kier molecular flexibility index (Phi) is 4.45. The Morgan fingerprint density at radius 1 is 1.25 bits per heavy atom. The highest BCUT2D eigenvalue weighted by molar-refractivity contribution is 7.80. The fourth-order valence-corrected chi connectivity index (χ4v) is 2.19. The van der Waals surface area contributed by atoms with Crippen LogP contribution in [0.1, 0.15) is 34.5 Å². The molecule has 1 unspecified atom stereocenters. The lowest BCUT2D eigenvalue weighted by Crippen LogP contribution is -2.27. The number of rotatable bonds is 3. The highest BCUT2D eigenvalue weighted by Gasteiger charge is 2.14. The van der Waals surface area contributed by atoms with Crippen molar-refractivity contribution >= 4 is 18.5 Å². The van der Waals surface area contributed by atoms with E-state index in [0.29, 0.717) is 5.56 Å². The van der Waals surface area contributed by atoms with Gasteiger partial charge < -0.3 is 5.32 Å². The van der Waals surface area contributed by atoms with Crippen LogP contribution in [0.4, 0.5) is 4.39 Å². The summed E-state index contributed by atoms with van der Waals surface area (Å²) < 4.78 is 13.2. The van der Waals surface area contributed by atoms with Crippen molar-refractivity contribution in [3.8, 4) is 0 Å². The Balaban J connectivity index is 2.17. The maximum Gasteiger partial charge on any atom is 0.252 e. The van der Waals surface area contributed by atoms with Crippen LogP contribution in [0.5, 0.6) is 0 Å². The molecule has 2 aromatic rings. The van der Waals surface area contributed by atoms with Crippen LogP contribution in [0, 0.1) is 12.7 Å². The lowest BCUT2D eigenvalue weighted by atomic mass is 10.1. The number of benzene rings is 2. The normalized spacial score (nSPS) is 12.0. The molecule has 0 radical (unpaired) electrons. The molecule has 1 atom stereocenters. The molecule has 104 valence electrons. The number of amides is 1. The van der Waals surface area contributed by atoms with Crippen molar-refractivity contribution in [3.63, 3.8) is 0 Å². The van der Waals surface area contributed by atoms with Crippen LogP contribution >= 0.6 is 12.6 Å². The standard InChI is InChI=1S/C16H16FNOS/c1-10-6-7-14(20)9-15(10)16(19)18-11(2)12-4-3-5-13(17)8-12/h3-9,11,20H,1-2H3,(H,18,19). The molecule has 1 N–H and O–H groups in total. The van der Waals surface area contributed by atoms with Crippen LogP contribution in [0.15, 0.2) is 47.4 Å². The molecule has 2 nitrogen and oxygen atoms in total. The Labute approximate surface area is 123 Å². The van der Waals surface area contributed by atoms with Gasteiger partial charge in [0.1, 0.15) is 5.82 Å². The van der Waals surface area contributed by atoms with E-state index in [1.54, 1.807) is 18.2 Å². The third-order valence-electron chi connectivity index (χ3n) is 3.16. The minimum absolute atomic E-state index is 0.185. The first-order chi connectivity index (χ1) is 9.47. The van der Waals surface area contributed by atoms with Crippen LogP contribution in [0.25, 0.3) is 0 Å². The largest absolute Gasteiger partial charge is 0.346 e. The second-order valence-electron chi connectivity index (χ2n) is 4.75. The summed E-state index contributed by atoms with van der Waals surface area (Å²) in [5.41, 5.74) is 2.20. The zero-order valence-electron chi connectivity index (χ0n) is 11.4. The number of hydrogen-bond donors (Lipinski definition) is 2. The Morgan fingerprint density at radius 2 is 2.00 bits per heavy atom. The molecule has 2 aromatic carbocycles. The molecule has 0 bridgehead atoms. The summed E-state index contributed by atoms with van der Waals surface area (Å²) in [4.78, 5) is 13.0. The number of carbonyl (C=O) groups is 1. The van der Waals surface area contributed by atoms with Crippen molar-refractivity contribution in [1.82, 2.24) is 5.32 Å². The van der Waals surface area contributed by atoms with Gasteiger partial charge in [-0.3, -0.25) is 4.79 Å². The molecule has 0 fully saturated rings. The van der Waals surface area contributed by atoms with Crippen molar-refractivity contribution < 1.29 is 9.18 Å². The molecule has 20 heavy (non-hydrogen) atoms. The van der Waals surface area contributed by atoms with Gasteiger partial charge in [0.15, 0.2) is 0 Å². The van der Waals surface area contributed by atoms with Gasteiger partial charge in [0.05, 0.1) is 6.04 Å². The lowest BCUT2D eigenvalue weighted by Gasteiger charge is -2.15. The molecule has 0 aliphatic carbocycles. The van der Waals surface area contributed by atoms with E-state index in [4.69, 9.17) is 0 Å². The monoisotopic (exact) mass is 289 g/mol. The van der Waals surface area contributed by atoms with Crippen molar-refractivity contribution in [2.45, 2.75) is 24.8 Å². The summed E-state index contributed by atoms with van der Waals surface area (Å²) >= 11 is 4.24. The second kappa shape index (κ2) is 6.09. The minimum Gasteiger partial charge on any atom is -0.346 e. The number of aryl methyl sites for hydroxylation is 1. The van der Waals surface area contributed by atoms with E-state index in [-0.39, 0.29) is 17.8 Å². The predicted molar refractivity (Wildman–Crippen MR) is 80.7 cm³/mol. The third kappa shape index (κ3) is 3.39. The van der Waals surface area contributed by atoms with Gasteiger partial charge in [-0.1, -0.05) is 18.2 Å². The molecule has 0 heterocycles. The number of nitrogens with one attached hydrogen (secondary N) is 1. The van der Waals surface area contributed by atoms with Gasteiger partial charge in [-0.05, 0) is 49.2 Å². The molecule has 1 amide bonds. The SMILES string of the molecule is Cc1ccc(S)cc1C(=O)NC(C)c1cccc(F)c1. The zero-order chi connectivity index (χ0) is 14.7. The topological polar surface area (TPSA) is 29.1 Å². The van der Waals surface area contributed by atoms with Crippen molar-refractivity contribution in [2.75, 3.05) is 0 Å². The highest BCUT2D eigenvalue weighted by atomic mass is 32.1. The summed E-state index contributed by atoms with van der Waals surface area (Å²) in [6.45, 7) is 3.70. The van der Waals surface area contributed by atoms with Crippen LogP contribution in [-0.2, 0) is 0 Å². The first-order valence-electron chi connectivity index (χ1n) is 6.33. The summed E-state index contributed by atoms with van der Waals surface area (Å²) in [7, 11) is 0. The Morgan fingerprint density at radius 3 is 2.70 bits per heavy atom. The third-order valence-corrected chi connectivity index (χ3v) is 3.44. The van der Waals surface area contributed by atoms with E-state index >= 15 is 0 Å². The molecular formula is C16H16FNOS. The van der Waals surface area contributed by atoms with Crippen molar-refractivity contribution in [2.24, 2.45) is 0 Å². The van der Waals surface area contributed by atoms with E-state index in [2.05, 4.69) is 17.9 Å². The van der Waals surface area contributed by atoms with Gasteiger partial charge in [-0.25, -0.2) is 4.39 Å². The lowest BCUT2D eigenvalue weighted by molar-refractivity contribution is 0.0939. The molecule has 2 rings (SSSR count). The molecular weight excluding hydrogens is 273 g/mol. The Hall–Kier alpha value is -1.81. The summed E-state index contributed by atoms with van der Waals surface area (Å²) in [5, 5.41) is 2.87. The Bertz CT molecular complexity index is 642. The highest BCUT2D eigenvalue weighted by Crippen LogP contribution is 2.17. The van der Waals surface area contributed by atoms with Crippen LogP contribution < -0.4 is 5.32 Å². The van der Waals surface area contributed by atoms with Gasteiger partial charge in [-0.2, -0.15) is 0 Å². The summed E-state index contributed by atoms with van der Waals surface area (Å²) in [6.07, 6.45) is 0. The van der Waals surface area contributed by atoms with Gasteiger partial charge in [0.25, 0.3) is 5.91 Å². The zero-order valence-corrected chi connectivity index (χ0v) is 12.2. The van der Waals surface area contributed by atoms with Crippen LogP contribution in [-0.4, -0.2) is 5.91 Å². The quantitative estimate of drug-likeness (QED) is 0.824. The molecule has 0 saturated heterocycles. The van der Waals surface area contributed by atoms with E-state index in [1.165, 1.54) is 12.1 Å². The van der Waals surface area contributed by atoms with E-state index < -0.39 is 0 Å². The molecule has 0 aliphatic heterocycles. The molecule has 0 saturated carbocycles. The van der Waals surface area contributed by atoms with Crippen LogP contribution in [0.3, 0.4) is 0 Å². The number of carbonyl (C=O) groups excluding carboxylic acids is 1. The van der Waals surface area contributed by atoms with E-state index in [0.717, 1.165) is 16.0 Å². The maximum atomic E-state index is 13.2. The molecule has 0 spiro atoms. The number of halogens is 1. The predicted octanol–water partition coefficient (Wildman–Crippen LogP) is 3.91. The van der Waals surface area contributed by atoms with Gasteiger partial charge in [-0.15, -0.1) is 12.6 Å². The van der Waals surface area contributed by atoms with Crippen molar-refractivity contribution in [1.29, 1.82) is 0 Å². The minimum atomic E-state index is -0.308. The summed E-state index contributed by atoms with van der Waals surface area (Å²) in [5.74, 6) is -0.493. The second-order valence-corrected chi connectivity index (χ2v) is 5.27. The van der Waals surface area contributed by atoms with Gasteiger partial charge in [0.2, 0.25) is 0 Å². The van der Waals surface area contributed by atoms with E-state index in [1.807, 2.05) is 26.0 Å². The molecule has 4 heteroatoms. The first kappa shape index (κ1) is 14.6. The average molecular weight is 289 g/mol. The maximum absolute atomic E-state index is 13.2. The number of thiol groups is 1. The smallest absolute Gasteiger partial charge is 0.252 e.